The summed E-state index contributed by atoms with van der Waals surface area (Å²) < 4.78 is 4.82. The lowest BCUT2D eigenvalue weighted by atomic mass is 9.90. The summed E-state index contributed by atoms with van der Waals surface area (Å²) >= 11 is 0. The number of aromatic nitrogens is 2. The number of methoxy groups -OCH3 is 1. The Hall–Kier alpha value is -2.18. The molecule has 27 heavy (non-hydrogen) atoms. The van der Waals surface area contributed by atoms with E-state index < -0.39 is 5.97 Å². The van der Waals surface area contributed by atoms with Crippen LogP contribution in [0.3, 0.4) is 0 Å². The van der Waals surface area contributed by atoms with Crippen LogP contribution in [0.5, 0.6) is 0 Å². The van der Waals surface area contributed by atoms with E-state index in [1.807, 2.05) is 6.92 Å². The van der Waals surface area contributed by atoms with Gasteiger partial charge in [0.15, 0.2) is 5.69 Å². The number of nitrogens with zero attached hydrogens (tertiary/aromatic N) is 4. The number of carbonyl (C=O) groups is 1. The molecule has 4 rings (SSSR count). The van der Waals surface area contributed by atoms with Crippen molar-refractivity contribution in [2.75, 3.05) is 38.7 Å². The number of ether oxygens (including phenoxy) is 1. The van der Waals surface area contributed by atoms with Crippen LogP contribution in [-0.2, 0) is 4.74 Å². The van der Waals surface area contributed by atoms with E-state index in [-0.39, 0.29) is 12.4 Å². The molecule has 1 aromatic carbocycles. The Kier molecular flexibility index (Phi) is 5.67. The first kappa shape index (κ1) is 19.6. The number of hydrogen-bond acceptors (Lipinski definition) is 6. The minimum atomic E-state index is -0.418. The molecule has 3 atom stereocenters. The van der Waals surface area contributed by atoms with Gasteiger partial charge in [0.2, 0.25) is 5.95 Å². The van der Waals surface area contributed by atoms with Crippen LogP contribution in [0.25, 0.3) is 0 Å². The van der Waals surface area contributed by atoms with E-state index in [0.29, 0.717) is 29.5 Å². The lowest BCUT2D eigenvalue weighted by Crippen LogP contribution is -2.30. The molecule has 2 aliphatic heterocycles. The maximum atomic E-state index is 11.9. The van der Waals surface area contributed by atoms with Crippen molar-refractivity contribution < 1.29 is 9.53 Å². The van der Waals surface area contributed by atoms with E-state index in [4.69, 9.17) is 4.74 Å². The second kappa shape index (κ2) is 7.82. The van der Waals surface area contributed by atoms with Gasteiger partial charge in [-0.25, -0.2) is 14.8 Å². The molecule has 2 aromatic rings. The molecule has 7 heteroatoms. The Morgan fingerprint density at radius 1 is 1.15 bits per heavy atom. The van der Waals surface area contributed by atoms with Crippen molar-refractivity contribution in [2.24, 2.45) is 11.8 Å². The first-order valence-electron chi connectivity index (χ1n) is 9.01. The third-order valence-electron chi connectivity index (χ3n) is 5.56. The molecule has 0 amide bonds. The molecule has 3 heterocycles. The first-order chi connectivity index (χ1) is 12.6. The highest BCUT2D eigenvalue weighted by molar-refractivity contribution is 5.87. The van der Waals surface area contributed by atoms with E-state index in [1.54, 1.807) is 6.07 Å². The van der Waals surface area contributed by atoms with Crippen molar-refractivity contribution in [3.63, 3.8) is 0 Å². The second-order valence-corrected chi connectivity index (χ2v) is 7.31. The zero-order valence-corrected chi connectivity index (χ0v) is 16.6. The number of carbonyl (C=O) groups excluding carboxylic acids is 1. The smallest absolute Gasteiger partial charge is 0.356 e. The van der Waals surface area contributed by atoms with Gasteiger partial charge in [0.1, 0.15) is 0 Å². The van der Waals surface area contributed by atoms with Crippen LogP contribution in [0.2, 0.25) is 0 Å². The summed E-state index contributed by atoms with van der Waals surface area (Å²) in [7, 11) is 3.58. The van der Waals surface area contributed by atoms with Crippen LogP contribution in [0.4, 0.5) is 5.95 Å². The lowest BCUT2D eigenvalue weighted by molar-refractivity contribution is 0.0593. The molecular weight excluding hydrogens is 364 g/mol. The van der Waals surface area contributed by atoms with Crippen molar-refractivity contribution in [1.29, 1.82) is 0 Å². The molecule has 6 nitrogen and oxygen atoms in total. The summed E-state index contributed by atoms with van der Waals surface area (Å²) in [6.07, 6.45) is 0. The van der Waals surface area contributed by atoms with Gasteiger partial charge < -0.3 is 9.64 Å². The monoisotopic (exact) mass is 388 g/mol. The number of anilines is 1. The Morgan fingerprint density at radius 2 is 1.89 bits per heavy atom. The minimum Gasteiger partial charge on any atom is -0.464 e. The molecule has 0 aliphatic carbocycles. The topological polar surface area (TPSA) is 58.6 Å². The van der Waals surface area contributed by atoms with Crippen LogP contribution in [-0.4, -0.2) is 54.6 Å². The van der Waals surface area contributed by atoms with Gasteiger partial charge in [-0.15, -0.1) is 12.4 Å². The number of aryl methyl sites for hydroxylation is 1. The highest BCUT2D eigenvalue weighted by atomic mass is 35.5. The number of hydrogen-bond donors (Lipinski definition) is 0. The van der Waals surface area contributed by atoms with Gasteiger partial charge in [0, 0.05) is 37.3 Å². The Labute approximate surface area is 166 Å². The summed E-state index contributed by atoms with van der Waals surface area (Å²) in [6, 6.07) is 12.8. The molecule has 2 fully saturated rings. The van der Waals surface area contributed by atoms with Crippen LogP contribution >= 0.6 is 12.4 Å². The van der Waals surface area contributed by atoms with E-state index in [9.17, 15) is 4.79 Å². The summed E-state index contributed by atoms with van der Waals surface area (Å²) in [5.74, 6) is 1.33. The fourth-order valence-corrected chi connectivity index (χ4v) is 4.48. The van der Waals surface area contributed by atoms with Crippen molar-refractivity contribution in [1.82, 2.24) is 14.9 Å². The van der Waals surface area contributed by atoms with Gasteiger partial charge in [-0.05, 0) is 31.5 Å². The van der Waals surface area contributed by atoms with E-state index in [2.05, 4.69) is 57.1 Å². The molecular formula is C20H25ClN4O2. The number of rotatable bonds is 3. The van der Waals surface area contributed by atoms with Crippen molar-refractivity contribution in [2.45, 2.75) is 13.0 Å². The van der Waals surface area contributed by atoms with Gasteiger partial charge in [-0.3, -0.25) is 4.90 Å². The number of benzene rings is 1. The first-order valence-corrected chi connectivity index (χ1v) is 9.01. The number of esters is 1. The summed E-state index contributed by atoms with van der Waals surface area (Å²) in [4.78, 5) is 25.6. The summed E-state index contributed by atoms with van der Waals surface area (Å²) in [5, 5.41) is 0. The molecule has 0 N–H and O–H groups in total. The van der Waals surface area contributed by atoms with Gasteiger partial charge in [-0.2, -0.15) is 0 Å². The van der Waals surface area contributed by atoms with Crippen molar-refractivity contribution >= 4 is 24.3 Å². The molecule has 0 bridgehead atoms. The standard InChI is InChI=1S/C20H24N4O2.ClH/c1-13-9-17(19(25)26-3)22-20(21-13)24-11-15-10-23(2)18(16(15)12-24)14-7-5-4-6-8-14;/h4-9,15-16,18H,10-12H2,1-3H3;1H/t15-,16+,18-;/m0./s1. The average Bonchev–Trinajstić information content (AvgIpc) is 3.17. The van der Waals surface area contributed by atoms with Crippen LogP contribution in [0.1, 0.15) is 27.8 Å². The molecule has 2 aliphatic rings. The predicted octanol–water partition coefficient (Wildman–Crippen LogP) is 2.73. The lowest BCUT2D eigenvalue weighted by Gasteiger charge is -2.27. The third-order valence-corrected chi connectivity index (χ3v) is 5.56. The van der Waals surface area contributed by atoms with Gasteiger partial charge in [0.25, 0.3) is 0 Å². The van der Waals surface area contributed by atoms with Gasteiger partial charge in [-0.1, -0.05) is 30.3 Å². The largest absolute Gasteiger partial charge is 0.464 e. The number of fused-ring (bicyclic) bond motifs is 1. The Balaban J connectivity index is 0.00000210. The number of halogens is 1. The zero-order chi connectivity index (χ0) is 18.3. The fraction of sp³-hybridized carbons (Fsp3) is 0.450. The highest BCUT2D eigenvalue weighted by Gasteiger charge is 2.46. The molecule has 2 saturated heterocycles. The van der Waals surface area contributed by atoms with E-state index in [0.717, 1.165) is 25.3 Å². The quantitative estimate of drug-likeness (QED) is 0.753. The van der Waals surface area contributed by atoms with Crippen LogP contribution in [0.15, 0.2) is 36.4 Å². The highest BCUT2D eigenvalue weighted by Crippen LogP contribution is 2.44. The van der Waals surface area contributed by atoms with Gasteiger partial charge >= 0.3 is 5.97 Å². The fourth-order valence-electron chi connectivity index (χ4n) is 4.48. The Morgan fingerprint density at radius 3 is 2.59 bits per heavy atom. The predicted molar refractivity (Wildman–Crippen MR) is 106 cm³/mol. The van der Waals surface area contributed by atoms with Crippen molar-refractivity contribution in [3.8, 4) is 0 Å². The molecule has 144 valence electrons. The van der Waals surface area contributed by atoms with Crippen LogP contribution < -0.4 is 4.90 Å². The normalized spacial score (nSPS) is 24.4. The molecule has 0 spiro atoms. The molecule has 1 aromatic heterocycles. The van der Waals surface area contributed by atoms with Gasteiger partial charge in [0.05, 0.1) is 7.11 Å². The third kappa shape index (κ3) is 3.64. The zero-order valence-electron chi connectivity index (χ0n) is 15.8. The maximum Gasteiger partial charge on any atom is 0.356 e. The Bertz CT molecular complexity index is 817. The molecule has 0 radical (unpaired) electrons. The van der Waals surface area contributed by atoms with Crippen molar-refractivity contribution in [3.05, 3.63) is 53.3 Å². The molecule has 0 saturated carbocycles. The average molecular weight is 389 g/mol. The van der Waals surface area contributed by atoms with E-state index >= 15 is 0 Å². The van der Waals surface area contributed by atoms with E-state index in [1.165, 1.54) is 12.7 Å². The maximum absolute atomic E-state index is 11.9. The summed E-state index contributed by atoms with van der Waals surface area (Å²) in [5.41, 5.74) is 2.47. The molecule has 0 unspecified atom stereocenters. The SMILES string of the molecule is COC(=O)c1cc(C)nc(N2C[C@@H]3CN(C)[C@@H](c4ccccc4)[C@@H]3C2)n1.Cl. The minimum absolute atomic E-state index is 0. The number of likely N-dealkylation sites (tertiary alicyclic amines) is 1. The van der Waals surface area contributed by atoms with Crippen LogP contribution in [0, 0.1) is 18.8 Å². The second-order valence-electron chi connectivity index (χ2n) is 7.31. The summed E-state index contributed by atoms with van der Waals surface area (Å²) in [6.45, 7) is 4.77.